The number of benzene rings is 1. The zero-order chi connectivity index (χ0) is 17.8. The van der Waals surface area contributed by atoms with Crippen molar-refractivity contribution in [3.8, 4) is 0 Å². The molecule has 1 aliphatic heterocycles. The minimum atomic E-state index is -0.167. The lowest BCUT2D eigenvalue weighted by Crippen LogP contribution is -2.52. The van der Waals surface area contributed by atoms with Crippen LogP contribution in [0, 0.1) is 0 Å². The summed E-state index contributed by atoms with van der Waals surface area (Å²) in [5.41, 5.74) is 2.01. The van der Waals surface area contributed by atoms with Gasteiger partial charge in [-0.15, -0.1) is 0 Å². The van der Waals surface area contributed by atoms with E-state index in [0.29, 0.717) is 12.0 Å². The van der Waals surface area contributed by atoms with Crippen molar-refractivity contribution in [1.82, 2.24) is 10.2 Å². The first-order valence-electron chi connectivity index (χ1n) is 9.87. The number of rotatable bonds is 4. The Hall–Kier alpha value is -1.39. The maximum atomic E-state index is 12.5. The van der Waals surface area contributed by atoms with Gasteiger partial charge < -0.3 is 10.4 Å². The van der Waals surface area contributed by atoms with Crippen molar-refractivity contribution in [3.63, 3.8) is 0 Å². The highest BCUT2D eigenvalue weighted by atomic mass is 16.3. The first-order valence-corrected chi connectivity index (χ1v) is 9.87. The predicted octanol–water partition coefficient (Wildman–Crippen LogP) is 3.31. The summed E-state index contributed by atoms with van der Waals surface area (Å²) in [4.78, 5) is 14.9. The molecular weight excluding hydrogens is 312 g/mol. The summed E-state index contributed by atoms with van der Waals surface area (Å²) in [5, 5.41) is 13.4. The molecule has 4 nitrogen and oxygen atoms in total. The van der Waals surface area contributed by atoms with E-state index in [4.69, 9.17) is 0 Å². The second kappa shape index (κ2) is 8.33. The van der Waals surface area contributed by atoms with E-state index in [1.165, 1.54) is 12.0 Å². The van der Waals surface area contributed by atoms with Crippen LogP contribution in [0.4, 0.5) is 0 Å². The Bertz CT molecular complexity index is 562. The zero-order valence-electron chi connectivity index (χ0n) is 15.6. The second-order valence-corrected chi connectivity index (χ2v) is 7.98. The maximum absolute atomic E-state index is 12.5. The Labute approximate surface area is 151 Å². The predicted molar refractivity (Wildman–Crippen MR) is 101 cm³/mol. The van der Waals surface area contributed by atoms with Gasteiger partial charge in [-0.2, -0.15) is 0 Å². The summed E-state index contributed by atoms with van der Waals surface area (Å²) in [7, 11) is 0. The van der Waals surface area contributed by atoms with Crippen LogP contribution in [0.5, 0.6) is 0 Å². The van der Waals surface area contributed by atoms with Gasteiger partial charge in [0.05, 0.1) is 6.10 Å². The molecule has 138 valence electrons. The molecule has 2 unspecified atom stereocenters. The van der Waals surface area contributed by atoms with Crippen molar-refractivity contribution in [2.24, 2.45) is 0 Å². The third-order valence-electron chi connectivity index (χ3n) is 5.87. The molecule has 2 atom stereocenters. The summed E-state index contributed by atoms with van der Waals surface area (Å²) in [6.07, 6.45) is 6.20. The summed E-state index contributed by atoms with van der Waals surface area (Å²) in [6, 6.07) is 8.53. The van der Waals surface area contributed by atoms with Crippen molar-refractivity contribution in [2.75, 3.05) is 13.1 Å². The molecule has 4 heteroatoms. The van der Waals surface area contributed by atoms with Crippen LogP contribution in [0.15, 0.2) is 24.3 Å². The highest BCUT2D eigenvalue weighted by Crippen LogP contribution is 2.26. The van der Waals surface area contributed by atoms with Gasteiger partial charge >= 0.3 is 0 Å². The van der Waals surface area contributed by atoms with Gasteiger partial charge in [-0.1, -0.05) is 38.8 Å². The van der Waals surface area contributed by atoms with Crippen LogP contribution >= 0.6 is 0 Å². The highest BCUT2D eigenvalue weighted by Gasteiger charge is 2.31. The van der Waals surface area contributed by atoms with E-state index >= 15 is 0 Å². The minimum Gasteiger partial charge on any atom is -0.391 e. The number of nitrogens with one attached hydrogen (secondary N) is 1. The lowest BCUT2D eigenvalue weighted by atomic mass is 9.89. The number of aliphatic hydroxyl groups excluding tert-OH is 1. The first-order chi connectivity index (χ1) is 12.0. The number of likely N-dealkylation sites (tertiary alicyclic amines) is 1. The number of hydrogen-bond acceptors (Lipinski definition) is 3. The Morgan fingerprint density at radius 3 is 2.32 bits per heavy atom. The standard InChI is InChI=1S/C21H32N2O2/c1-15(2)16-7-9-17(10-8-16)21(25)22-18-11-13-23(14-12-18)19-5-3-4-6-20(19)24/h7-10,15,18-20,24H,3-6,11-14H2,1-2H3,(H,22,25). The summed E-state index contributed by atoms with van der Waals surface area (Å²) in [6.45, 7) is 6.26. The number of aliphatic hydroxyl groups is 1. The largest absolute Gasteiger partial charge is 0.391 e. The molecule has 2 N–H and O–H groups in total. The third-order valence-corrected chi connectivity index (χ3v) is 5.87. The number of carbonyl (C=O) groups is 1. The van der Waals surface area contributed by atoms with Crippen LogP contribution in [0.25, 0.3) is 0 Å². The Balaban J connectivity index is 1.49. The van der Waals surface area contributed by atoms with Crippen molar-refractivity contribution in [2.45, 2.75) is 76.5 Å². The smallest absolute Gasteiger partial charge is 0.251 e. The van der Waals surface area contributed by atoms with Crippen molar-refractivity contribution >= 4 is 5.91 Å². The van der Waals surface area contributed by atoms with E-state index < -0.39 is 0 Å². The lowest BCUT2D eigenvalue weighted by Gasteiger charge is -2.41. The zero-order valence-corrected chi connectivity index (χ0v) is 15.6. The topological polar surface area (TPSA) is 52.6 Å². The Morgan fingerprint density at radius 2 is 1.72 bits per heavy atom. The van der Waals surface area contributed by atoms with Gasteiger partial charge in [-0.05, 0) is 49.3 Å². The Morgan fingerprint density at radius 1 is 1.08 bits per heavy atom. The Kier molecular flexibility index (Phi) is 6.13. The van der Waals surface area contributed by atoms with E-state index in [-0.39, 0.29) is 18.1 Å². The van der Waals surface area contributed by atoms with Gasteiger partial charge in [0.25, 0.3) is 5.91 Å². The molecule has 2 fully saturated rings. The van der Waals surface area contributed by atoms with Crippen LogP contribution in [-0.2, 0) is 0 Å². The molecular formula is C21H32N2O2. The molecule has 1 saturated carbocycles. The molecule has 0 bridgehead atoms. The van der Waals surface area contributed by atoms with Crippen molar-refractivity contribution < 1.29 is 9.90 Å². The SMILES string of the molecule is CC(C)c1ccc(C(=O)NC2CCN(C3CCCCC3O)CC2)cc1. The van der Waals surface area contributed by atoms with Crippen LogP contribution < -0.4 is 5.32 Å². The van der Waals surface area contributed by atoms with E-state index in [0.717, 1.165) is 50.8 Å². The molecule has 0 spiro atoms. The van der Waals surface area contributed by atoms with Gasteiger partial charge in [-0.3, -0.25) is 9.69 Å². The summed E-state index contributed by atoms with van der Waals surface area (Å²) in [5.74, 6) is 0.517. The molecule has 0 radical (unpaired) electrons. The van der Waals surface area contributed by atoms with E-state index in [1.54, 1.807) is 0 Å². The quantitative estimate of drug-likeness (QED) is 0.881. The number of nitrogens with zero attached hydrogens (tertiary/aromatic N) is 1. The number of hydrogen-bond donors (Lipinski definition) is 2. The van der Waals surface area contributed by atoms with Gasteiger partial charge in [0.1, 0.15) is 0 Å². The lowest BCUT2D eigenvalue weighted by molar-refractivity contribution is 0.00727. The fourth-order valence-corrected chi connectivity index (χ4v) is 4.18. The second-order valence-electron chi connectivity index (χ2n) is 7.98. The van der Waals surface area contributed by atoms with Crippen molar-refractivity contribution in [1.29, 1.82) is 0 Å². The number of amides is 1. The molecule has 3 rings (SSSR count). The van der Waals surface area contributed by atoms with E-state index in [9.17, 15) is 9.90 Å². The summed E-state index contributed by atoms with van der Waals surface area (Å²) >= 11 is 0. The average molecular weight is 344 g/mol. The van der Waals surface area contributed by atoms with Crippen LogP contribution in [0.2, 0.25) is 0 Å². The molecule has 0 aromatic heterocycles. The monoisotopic (exact) mass is 344 g/mol. The molecule has 1 aromatic rings. The van der Waals surface area contributed by atoms with Crippen molar-refractivity contribution in [3.05, 3.63) is 35.4 Å². The molecule has 1 heterocycles. The fraction of sp³-hybridized carbons (Fsp3) is 0.667. The van der Waals surface area contributed by atoms with Crippen LogP contribution in [0.3, 0.4) is 0 Å². The summed E-state index contributed by atoms with van der Waals surface area (Å²) < 4.78 is 0. The van der Waals surface area contributed by atoms with Gasteiger partial charge in [0.2, 0.25) is 0 Å². The van der Waals surface area contributed by atoms with Gasteiger partial charge in [0, 0.05) is 30.7 Å². The minimum absolute atomic E-state index is 0.0338. The van der Waals surface area contributed by atoms with Gasteiger partial charge in [0.15, 0.2) is 0 Å². The molecule has 1 amide bonds. The van der Waals surface area contributed by atoms with E-state index in [2.05, 4.69) is 24.1 Å². The number of piperidine rings is 1. The highest BCUT2D eigenvalue weighted by molar-refractivity contribution is 5.94. The maximum Gasteiger partial charge on any atom is 0.251 e. The van der Waals surface area contributed by atoms with Crippen LogP contribution in [0.1, 0.15) is 74.2 Å². The third kappa shape index (κ3) is 4.62. The molecule has 1 saturated heterocycles. The van der Waals surface area contributed by atoms with E-state index in [1.807, 2.05) is 24.3 Å². The first kappa shape index (κ1) is 18.4. The number of carbonyl (C=O) groups excluding carboxylic acids is 1. The normalized spacial score (nSPS) is 25.9. The molecule has 2 aliphatic rings. The van der Waals surface area contributed by atoms with Gasteiger partial charge in [-0.25, -0.2) is 0 Å². The average Bonchev–Trinajstić information content (AvgIpc) is 2.63. The molecule has 1 aromatic carbocycles. The fourth-order valence-electron chi connectivity index (χ4n) is 4.18. The van der Waals surface area contributed by atoms with Crippen LogP contribution in [-0.4, -0.2) is 47.2 Å². The molecule has 1 aliphatic carbocycles. The molecule has 25 heavy (non-hydrogen) atoms.